The summed E-state index contributed by atoms with van der Waals surface area (Å²) >= 11 is 1.90. The molecule has 0 saturated heterocycles. The maximum absolute atomic E-state index is 2.44. The lowest BCUT2D eigenvalue weighted by Crippen LogP contribution is -2.37. The molecule has 0 saturated carbocycles. The summed E-state index contributed by atoms with van der Waals surface area (Å²) in [6.07, 6.45) is 3.50. The number of aryl methyl sites for hydroxylation is 3. The van der Waals surface area contributed by atoms with E-state index in [0.29, 0.717) is 5.92 Å². The average molecular weight is 361 g/mol. The lowest BCUT2D eigenvalue weighted by molar-refractivity contribution is -0.687. The van der Waals surface area contributed by atoms with Gasteiger partial charge >= 0.3 is 0 Å². The van der Waals surface area contributed by atoms with Gasteiger partial charge in [-0.2, -0.15) is 4.57 Å². The van der Waals surface area contributed by atoms with Crippen LogP contribution in [-0.2, 0) is 6.54 Å². The van der Waals surface area contributed by atoms with Gasteiger partial charge in [0.15, 0.2) is 6.20 Å². The van der Waals surface area contributed by atoms with Gasteiger partial charge in [-0.1, -0.05) is 32.0 Å². The summed E-state index contributed by atoms with van der Waals surface area (Å²) in [6, 6.07) is 18.0. The molecule has 2 aromatic heterocycles. The molecule has 0 bridgehead atoms. The van der Waals surface area contributed by atoms with E-state index in [1.807, 2.05) is 11.3 Å². The largest absolute Gasteiger partial charge is 0.212 e. The number of benzene rings is 2. The zero-order chi connectivity index (χ0) is 18.3. The topological polar surface area (TPSA) is 3.88 Å². The predicted molar refractivity (Wildman–Crippen MR) is 114 cm³/mol. The van der Waals surface area contributed by atoms with Crippen molar-refractivity contribution in [2.45, 2.75) is 40.7 Å². The minimum Gasteiger partial charge on any atom is -0.198 e. The first-order valence-electron chi connectivity index (χ1n) is 9.45. The van der Waals surface area contributed by atoms with Crippen molar-refractivity contribution in [3.63, 3.8) is 0 Å². The first kappa shape index (κ1) is 17.2. The van der Waals surface area contributed by atoms with Crippen LogP contribution in [0.4, 0.5) is 0 Å². The van der Waals surface area contributed by atoms with Crippen molar-refractivity contribution in [1.29, 1.82) is 0 Å². The molecule has 0 aliphatic heterocycles. The van der Waals surface area contributed by atoms with Crippen molar-refractivity contribution in [2.75, 3.05) is 0 Å². The Morgan fingerprint density at radius 2 is 1.73 bits per heavy atom. The molecular formula is C24H26NS+. The number of hydrogen-bond acceptors (Lipinski definition) is 1. The van der Waals surface area contributed by atoms with Gasteiger partial charge in [0.25, 0.3) is 0 Å². The Labute approximate surface area is 159 Å². The summed E-state index contributed by atoms with van der Waals surface area (Å²) in [7, 11) is 0. The molecule has 0 atom stereocenters. The summed E-state index contributed by atoms with van der Waals surface area (Å²) in [5.41, 5.74) is 5.35. The number of thiophene rings is 1. The first-order chi connectivity index (χ1) is 12.5. The van der Waals surface area contributed by atoms with Crippen molar-refractivity contribution >= 4 is 31.5 Å². The van der Waals surface area contributed by atoms with Gasteiger partial charge in [0.05, 0.1) is 5.56 Å². The summed E-state index contributed by atoms with van der Waals surface area (Å²) in [5.74, 6) is 0.710. The van der Waals surface area contributed by atoms with E-state index >= 15 is 0 Å². The SMILES string of the molecule is Cc1ccc(-c2cc3sc4ccccc4c3cc2C)[n+](CCC(C)C)c1. The molecule has 2 heteroatoms. The Morgan fingerprint density at radius 3 is 2.54 bits per heavy atom. The fraction of sp³-hybridized carbons (Fsp3) is 0.292. The Hall–Kier alpha value is -2.19. The molecule has 0 unspecified atom stereocenters. The van der Waals surface area contributed by atoms with Gasteiger partial charge in [0, 0.05) is 38.2 Å². The van der Waals surface area contributed by atoms with Crippen LogP contribution in [0.1, 0.15) is 31.4 Å². The number of nitrogens with zero attached hydrogens (tertiary/aromatic N) is 1. The lowest BCUT2D eigenvalue weighted by Gasteiger charge is -2.09. The van der Waals surface area contributed by atoms with E-state index in [2.05, 4.69) is 87.0 Å². The molecule has 2 aromatic carbocycles. The van der Waals surface area contributed by atoms with E-state index in [4.69, 9.17) is 0 Å². The van der Waals surface area contributed by atoms with Gasteiger partial charge in [-0.05, 0) is 49.6 Å². The van der Waals surface area contributed by atoms with Gasteiger partial charge in [0.2, 0.25) is 5.69 Å². The van der Waals surface area contributed by atoms with Crippen LogP contribution in [0.25, 0.3) is 31.4 Å². The summed E-state index contributed by atoms with van der Waals surface area (Å²) in [4.78, 5) is 0. The Balaban J connectivity index is 1.88. The third kappa shape index (κ3) is 3.14. The van der Waals surface area contributed by atoms with E-state index in [-0.39, 0.29) is 0 Å². The van der Waals surface area contributed by atoms with Gasteiger partial charge in [-0.3, -0.25) is 0 Å². The molecule has 2 heterocycles. The van der Waals surface area contributed by atoms with E-state index in [0.717, 1.165) is 6.54 Å². The minimum absolute atomic E-state index is 0.710. The van der Waals surface area contributed by atoms with Crippen LogP contribution < -0.4 is 4.57 Å². The number of pyridine rings is 1. The van der Waals surface area contributed by atoms with Gasteiger partial charge < -0.3 is 0 Å². The first-order valence-corrected chi connectivity index (χ1v) is 10.3. The Morgan fingerprint density at radius 1 is 0.923 bits per heavy atom. The Kier molecular flexibility index (Phi) is 4.54. The maximum atomic E-state index is 2.44. The molecule has 0 radical (unpaired) electrons. The molecule has 0 fully saturated rings. The Bertz CT molecular complexity index is 1090. The fourth-order valence-electron chi connectivity index (χ4n) is 3.65. The molecule has 1 nitrogen and oxygen atoms in total. The molecule has 4 aromatic rings. The summed E-state index contributed by atoms with van der Waals surface area (Å²) in [6.45, 7) is 10.1. The second-order valence-corrected chi connectivity index (χ2v) is 8.81. The molecule has 4 rings (SSSR count). The molecule has 0 aliphatic carbocycles. The molecule has 0 N–H and O–H groups in total. The maximum Gasteiger partial charge on any atom is 0.212 e. The van der Waals surface area contributed by atoms with Crippen molar-refractivity contribution in [2.24, 2.45) is 5.92 Å². The van der Waals surface area contributed by atoms with Crippen LogP contribution >= 0.6 is 11.3 Å². The number of hydrogen-bond donors (Lipinski definition) is 0. The smallest absolute Gasteiger partial charge is 0.198 e. The van der Waals surface area contributed by atoms with Crippen LogP contribution in [0.3, 0.4) is 0 Å². The second kappa shape index (κ2) is 6.85. The normalized spacial score (nSPS) is 11.7. The molecule has 0 amide bonds. The van der Waals surface area contributed by atoms with E-state index in [1.54, 1.807) is 0 Å². The third-order valence-corrected chi connectivity index (χ3v) is 6.25. The van der Waals surface area contributed by atoms with Crippen LogP contribution in [0, 0.1) is 19.8 Å². The number of aromatic nitrogens is 1. The van der Waals surface area contributed by atoms with E-state index < -0.39 is 0 Å². The zero-order valence-corrected chi connectivity index (χ0v) is 16.9. The highest BCUT2D eigenvalue weighted by molar-refractivity contribution is 7.25. The van der Waals surface area contributed by atoms with Crippen LogP contribution in [0.2, 0.25) is 0 Å². The lowest BCUT2D eigenvalue weighted by atomic mass is 10.0. The molecule has 0 aliphatic rings. The van der Waals surface area contributed by atoms with E-state index in [9.17, 15) is 0 Å². The molecule has 26 heavy (non-hydrogen) atoms. The quantitative estimate of drug-likeness (QED) is 0.358. The zero-order valence-electron chi connectivity index (χ0n) is 16.0. The van der Waals surface area contributed by atoms with Crippen molar-refractivity contribution in [3.8, 4) is 11.3 Å². The highest BCUT2D eigenvalue weighted by Gasteiger charge is 2.18. The van der Waals surface area contributed by atoms with Crippen LogP contribution in [0.15, 0.2) is 54.7 Å². The predicted octanol–water partition coefficient (Wildman–Crippen LogP) is 6.67. The van der Waals surface area contributed by atoms with Gasteiger partial charge in [0.1, 0.15) is 6.54 Å². The van der Waals surface area contributed by atoms with Gasteiger partial charge in [-0.15, -0.1) is 11.3 Å². The standard InChI is InChI=1S/C24H26NS/c1-16(2)11-12-25-15-17(3)9-10-22(25)20-14-24-21(13-18(20)4)19-7-5-6-8-23(19)26-24/h5-10,13-16H,11-12H2,1-4H3/q+1. The second-order valence-electron chi connectivity index (χ2n) is 7.73. The van der Waals surface area contributed by atoms with E-state index in [1.165, 1.54) is 49.0 Å². The summed E-state index contributed by atoms with van der Waals surface area (Å²) in [5, 5.41) is 2.76. The fourth-order valence-corrected chi connectivity index (χ4v) is 4.77. The van der Waals surface area contributed by atoms with Crippen LogP contribution in [-0.4, -0.2) is 0 Å². The molecular weight excluding hydrogens is 334 g/mol. The summed E-state index contributed by atoms with van der Waals surface area (Å²) < 4.78 is 5.19. The van der Waals surface area contributed by atoms with Crippen molar-refractivity contribution in [3.05, 3.63) is 65.9 Å². The molecule has 0 spiro atoms. The van der Waals surface area contributed by atoms with Crippen molar-refractivity contribution < 1.29 is 4.57 Å². The third-order valence-electron chi connectivity index (χ3n) is 5.12. The average Bonchev–Trinajstić information content (AvgIpc) is 2.97. The van der Waals surface area contributed by atoms with Crippen molar-refractivity contribution in [1.82, 2.24) is 0 Å². The number of rotatable bonds is 4. The highest BCUT2D eigenvalue weighted by atomic mass is 32.1. The van der Waals surface area contributed by atoms with Gasteiger partial charge in [-0.25, -0.2) is 0 Å². The monoisotopic (exact) mass is 360 g/mol. The van der Waals surface area contributed by atoms with Crippen LogP contribution in [0.5, 0.6) is 0 Å². The number of fused-ring (bicyclic) bond motifs is 3. The minimum atomic E-state index is 0.710. The molecule has 132 valence electrons. The highest BCUT2D eigenvalue weighted by Crippen LogP contribution is 2.37.